The first-order chi connectivity index (χ1) is 10.5. The molecule has 0 bridgehead atoms. The average molecular weight is 321 g/mol. The first-order valence-electron chi connectivity index (χ1n) is 6.38. The number of hydrogen-bond acceptors (Lipinski definition) is 5. The third-order valence-corrected chi connectivity index (χ3v) is 2.94. The fourth-order valence-electron chi connectivity index (χ4n) is 1.59. The third-order valence-electron chi connectivity index (χ3n) is 2.71. The Morgan fingerprint density at radius 1 is 1.32 bits per heavy atom. The monoisotopic (exact) mass is 320 g/mol. The van der Waals surface area contributed by atoms with Crippen LogP contribution in [-0.4, -0.2) is 28.1 Å². The van der Waals surface area contributed by atoms with Gasteiger partial charge in [-0.3, -0.25) is 4.79 Å². The topological polar surface area (TPSA) is 88.5 Å². The number of rotatable bonds is 4. The first-order valence-corrected chi connectivity index (χ1v) is 6.76. The van der Waals surface area contributed by atoms with Crippen molar-refractivity contribution in [1.29, 1.82) is 0 Å². The molecule has 0 saturated carbocycles. The number of pyridine rings is 1. The van der Waals surface area contributed by atoms with E-state index in [-0.39, 0.29) is 11.3 Å². The van der Waals surface area contributed by atoms with Gasteiger partial charge in [0.15, 0.2) is 6.10 Å². The average Bonchev–Trinajstić information content (AvgIpc) is 2.49. The molecule has 1 heterocycles. The molecule has 1 amide bonds. The Bertz CT molecular complexity index is 688. The molecule has 1 atom stereocenters. The second kappa shape index (κ2) is 6.91. The first kappa shape index (κ1) is 15.8. The van der Waals surface area contributed by atoms with Crippen molar-refractivity contribution >= 4 is 29.3 Å². The van der Waals surface area contributed by atoms with Gasteiger partial charge in [0.2, 0.25) is 0 Å². The van der Waals surface area contributed by atoms with Crippen LogP contribution in [-0.2, 0) is 9.53 Å². The van der Waals surface area contributed by atoms with Gasteiger partial charge in [0.05, 0.1) is 10.6 Å². The number of nitrogens with one attached hydrogen (secondary N) is 1. The second-order valence-electron chi connectivity index (χ2n) is 4.45. The Kier molecular flexibility index (Phi) is 4.95. The SMILES string of the molecule is C[C@H](OC(=O)c1cccc(O)c1)C(=O)Nc1ccc(Cl)cn1. The normalized spacial score (nSPS) is 11.5. The molecule has 1 aromatic heterocycles. The number of halogens is 1. The lowest BCUT2D eigenvalue weighted by Gasteiger charge is -2.13. The van der Waals surface area contributed by atoms with Gasteiger partial charge in [0.25, 0.3) is 5.91 Å². The highest BCUT2D eigenvalue weighted by Gasteiger charge is 2.19. The van der Waals surface area contributed by atoms with Crippen LogP contribution < -0.4 is 5.32 Å². The minimum Gasteiger partial charge on any atom is -0.508 e. The highest BCUT2D eigenvalue weighted by Crippen LogP contribution is 2.14. The van der Waals surface area contributed by atoms with Crippen LogP contribution in [0.15, 0.2) is 42.6 Å². The van der Waals surface area contributed by atoms with Gasteiger partial charge in [-0.25, -0.2) is 9.78 Å². The van der Waals surface area contributed by atoms with Gasteiger partial charge in [-0.1, -0.05) is 17.7 Å². The molecule has 0 spiro atoms. The molecule has 0 unspecified atom stereocenters. The molecular formula is C15H13ClN2O4. The summed E-state index contributed by atoms with van der Waals surface area (Å²) in [6, 6.07) is 8.78. The molecule has 0 aliphatic heterocycles. The summed E-state index contributed by atoms with van der Waals surface area (Å²) in [4.78, 5) is 27.7. The smallest absolute Gasteiger partial charge is 0.339 e. The summed E-state index contributed by atoms with van der Waals surface area (Å²) in [5.74, 6) is -0.988. The lowest BCUT2D eigenvalue weighted by Crippen LogP contribution is -2.30. The molecule has 0 radical (unpaired) electrons. The minimum absolute atomic E-state index is 0.0584. The van der Waals surface area contributed by atoms with Gasteiger partial charge in [-0.2, -0.15) is 0 Å². The minimum atomic E-state index is -1.02. The third kappa shape index (κ3) is 4.20. The van der Waals surface area contributed by atoms with Crippen LogP contribution >= 0.6 is 11.6 Å². The van der Waals surface area contributed by atoms with E-state index in [1.807, 2.05) is 0 Å². The summed E-state index contributed by atoms with van der Waals surface area (Å²) >= 11 is 5.70. The van der Waals surface area contributed by atoms with E-state index in [0.717, 1.165) is 0 Å². The second-order valence-corrected chi connectivity index (χ2v) is 4.89. The molecule has 1 aromatic carbocycles. The standard InChI is InChI=1S/C15H13ClN2O4/c1-9(14(20)18-13-6-5-11(16)8-17-13)22-15(21)10-3-2-4-12(19)7-10/h2-9,19H,1H3,(H,17,18,20)/t9-/m0/s1. The Hall–Kier alpha value is -2.60. The van der Waals surface area contributed by atoms with Crippen molar-refractivity contribution < 1.29 is 19.4 Å². The summed E-state index contributed by atoms with van der Waals surface area (Å²) < 4.78 is 5.03. The zero-order chi connectivity index (χ0) is 16.1. The van der Waals surface area contributed by atoms with Crippen molar-refractivity contribution in [2.45, 2.75) is 13.0 Å². The number of hydrogen-bond donors (Lipinski definition) is 2. The highest BCUT2D eigenvalue weighted by molar-refractivity contribution is 6.30. The summed E-state index contributed by atoms with van der Waals surface area (Å²) in [5.41, 5.74) is 0.157. The van der Waals surface area contributed by atoms with Crippen LogP contribution in [0.4, 0.5) is 5.82 Å². The predicted molar refractivity (Wildman–Crippen MR) is 80.9 cm³/mol. The number of esters is 1. The Morgan fingerprint density at radius 2 is 2.09 bits per heavy atom. The largest absolute Gasteiger partial charge is 0.508 e. The van der Waals surface area contributed by atoms with Crippen molar-refractivity contribution in [2.24, 2.45) is 0 Å². The van der Waals surface area contributed by atoms with E-state index in [2.05, 4.69) is 10.3 Å². The van der Waals surface area contributed by atoms with Crippen LogP contribution in [0.1, 0.15) is 17.3 Å². The maximum atomic E-state index is 11.9. The van der Waals surface area contributed by atoms with Crippen molar-refractivity contribution in [3.05, 3.63) is 53.2 Å². The number of aromatic hydroxyl groups is 1. The van der Waals surface area contributed by atoms with Crippen molar-refractivity contribution in [3.8, 4) is 5.75 Å². The number of nitrogens with zero attached hydrogens (tertiary/aromatic N) is 1. The number of aromatic nitrogens is 1. The number of carbonyl (C=O) groups excluding carboxylic acids is 2. The molecule has 0 aliphatic rings. The number of benzene rings is 1. The van der Waals surface area contributed by atoms with E-state index in [0.29, 0.717) is 10.8 Å². The fraction of sp³-hybridized carbons (Fsp3) is 0.133. The Balaban J connectivity index is 1.96. The van der Waals surface area contributed by atoms with Crippen molar-refractivity contribution in [2.75, 3.05) is 5.32 Å². The molecule has 2 rings (SSSR count). The number of carbonyl (C=O) groups is 2. The van der Waals surface area contributed by atoms with Gasteiger partial charge < -0.3 is 15.2 Å². The van der Waals surface area contributed by atoms with E-state index in [1.54, 1.807) is 6.07 Å². The molecule has 2 aromatic rings. The maximum absolute atomic E-state index is 11.9. The van der Waals surface area contributed by atoms with Gasteiger partial charge in [-0.05, 0) is 37.3 Å². The zero-order valence-electron chi connectivity index (χ0n) is 11.6. The Morgan fingerprint density at radius 3 is 2.73 bits per heavy atom. The van der Waals surface area contributed by atoms with E-state index in [4.69, 9.17) is 16.3 Å². The Labute approximate surface area is 131 Å². The molecule has 7 heteroatoms. The molecule has 0 fully saturated rings. The van der Waals surface area contributed by atoms with E-state index >= 15 is 0 Å². The van der Waals surface area contributed by atoms with Gasteiger partial charge in [0, 0.05) is 6.20 Å². The summed E-state index contributed by atoms with van der Waals surface area (Å²) in [7, 11) is 0. The summed E-state index contributed by atoms with van der Waals surface area (Å²) in [6.07, 6.45) is 0.368. The lowest BCUT2D eigenvalue weighted by molar-refractivity contribution is -0.123. The number of phenols is 1. The summed E-state index contributed by atoms with van der Waals surface area (Å²) in [6.45, 7) is 1.44. The van der Waals surface area contributed by atoms with E-state index < -0.39 is 18.0 Å². The summed E-state index contributed by atoms with van der Waals surface area (Å²) in [5, 5.41) is 12.3. The van der Waals surface area contributed by atoms with Gasteiger partial charge >= 0.3 is 5.97 Å². The molecule has 2 N–H and O–H groups in total. The molecule has 0 aliphatic carbocycles. The predicted octanol–water partition coefficient (Wildman–Crippen LogP) is 2.62. The molecular weight excluding hydrogens is 308 g/mol. The number of phenolic OH excluding ortho intramolecular Hbond substituents is 1. The van der Waals surface area contributed by atoms with Crippen LogP contribution in [0.3, 0.4) is 0 Å². The highest BCUT2D eigenvalue weighted by atomic mass is 35.5. The van der Waals surface area contributed by atoms with Crippen molar-refractivity contribution in [1.82, 2.24) is 4.98 Å². The van der Waals surface area contributed by atoms with E-state index in [9.17, 15) is 14.7 Å². The lowest BCUT2D eigenvalue weighted by atomic mass is 10.2. The molecule has 22 heavy (non-hydrogen) atoms. The van der Waals surface area contributed by atoms with E-state index in [1.165, 1.54) is 43.5 Å². The van der Waals surface area contributed by atoms with Crippen LogP contribution in [0.25, 0.3) is 0 Å². The quantitative estimate of drug-likeness (QED) is 0.845. The van der Waals surface area contributed by atoms with Gasteiger partial charge in [0.1, 0.15) is 11.6 Å². The fourth-order valence-corrected chi connectivity index (χ4v) is 1.70. The number of ether oxygens (including phenoxy) is 1. The molecule has 6 nitrogen and oxygen atoms in total. The molecule has 114 valence electrons. The van der Waals surface area contributed by atoms with Crippen LogP contribution in [0.2, 0.25) is 5.02 Å². The maximum Gasteiger partial charge on any atom is 0.339 e. The van der Waals surface area contributed by atoms with Crippen LogP contribution in [0.5, 0.6) is 5.75 Å². The van der Waals surface area contributed by atoms with Gasteiger partial charge in [-0.15, -0.1) is 0 Å². The van der Waals surface area contributed by atoms with Crippen molar-refractivity contribution in [3.63, 3.8) is 0 Å². The molecule has 0 saturated heterocycles. The number of amides is 1. The zero-order valence-corrected chi connectivity index (χ0v) is 12.4. The number of anilines is 1. The van der Waals surface area contributed by atoms with Crippen LogP contribution in [0, 0.1) is 0 Å².